The van der Waals surface area contributed by atoms with Gasteiger partial charge in [-0.3, -0.25) is 0 Å². The number of carbonyl (C=O) groups is 1. The molecule has 0 saturated heterocycles. The van der Waals surface area contributed by atoms with Crippen molar-refractivity contribution in [2.75, 3.05) is 0 Å². The molecule has 0 amide bonds. The van der Waals surface area contributed by atoms with E-state index in [1.165, 1.54) is 0 Å². The van der Waals surface area contributed by atoms with Gasteiger partial charge >= 0.3 is 6.16 Å². The van der Waals surface area contributed by atoms with E-state index >= 15 is 0 Å². The molecule has 0 rings (SSSR count). The van der Waals surface area contributed by atoms with Gasteiger partial charge in [-0.2, -0.15) is 0 Å². The summed E-state index contributed by atoms with van der Waals surface area (Å²) in [5, 5.41) is 13.9. The molecule has 0 saturated carbocycles. The lowest BCUT2D eigenvalue weighted by Gasteiger charge is -1.90. The molecule has 0 aromatic heterocycles. The second-order valence-corrected chi connectivity index (χ2v) is 2.01. The first-order valence-corrected chi connectivity index (χ1v) is 3.49. The van der Waals surface area contributed by atoms with Crippen LogP contribution in [0.2, 0.25) is 0 Å². The summed E-state index contributed by atoms with van der Waals surface area (Å²) in [7, 11) is 0. The van der Waals surface area contributed by atoms with Gasteiger partial charge in [0, 0.05) is 12.8 Å². The van der Waals surface area contributed by atoms with Crippen LogP contribution in [0.1, 0.15) is 12.8 Å². The minimum Gasteiger partial charge on any atom is -0.450 e. The van der Waals surface area contributed by atoms with Gasteiger partial charge in [-0.15, -0.1) is 0 Å². The van der Waals surface area contributed by atoms with Crippen molar-refractivity contribution in [2.24, 2.45) is 0 Å². The number of carboxylic acid groups (broad SMARTS) is 2. The summed E-state index contributed by atoms with van der Waals surface area (Å²) in [5.41, 5.74) is 0. The normalized spacial score (nSPS) is 10.4. The van der Waals surface area contributed by atoms with E-state index in [0.29, 0.717) is 0 Å². The smallest absolute Gasteiger partial charge is 0.450 e. The van der Waals surface area contributed by atoms with Gasteiger partial charge in [-0.05, 0) is 0 Å². The first-order chi connectivity index (χ1) is 6.36. The van der Waals surface area contributed by atoms with E-state index in [2.05, 4.69) is 0 Å². The number of hydrogen-bond acceptors (Lipinski definition) is 1. The molecule has 7 heteroatoms. The lowest BCUT2D eigenvalue weighted by molar-refractivity contribution is 0.136. The lowest BCUT2D eigenvalue weighted by atomic mass is 10.3. The van der Waals surface area contributed by atoms with Gasteiger partial charge < -0.3 is 10.2 Å². The van der Waals surface area contributed by atoms with E-state index in [1.807, 2.05) is 0 Å². The Morgan fingerprint density at radius 1 is 1.00 bits per heavy atom. The molecular formula is C7H10F4O3. The van der Waals surface area contributed by atoms with Crippen LogP contribution in [0.5, 0.6) is 0 Å². The summed E-state index contributed by atoms with van der Waals surface area (Å²) in [6, 6.07) is 0. The van der Waals surface area contributed by atoms with Crippen LogP contribution < -0.4 is 0 Å². The summed E-state index contributed by atoms with van der Waals surface area (Å²) in [4.78, 5) is 8.56. The molecule has 0 aliphatic heterocycles. The Hall–Kier alpha value is -1.27. The molecule has 0 atom stereocenters. The predicted octanol–water partition coefficient (Wildman–Crippen LogP) is 3.08. The third-order valence-corrected chi connectivity index (χ3v) is 0.795. The summed E-state index contributed by atoms with van der Waals surface area (Å²) in [6.07, 6.45) is -5.45. The van der Waals surface area contributed by atoms with Crippen LogP contribution in [0.15, 0.2) is 12.2 Å². The standard InChI is InChI=1S/C6H8F4.CH2O3/c7-5(8)3-1-2-4-6(9)10;2-1(3)4/h1-2,5-6H,3-4H2;(H2,2,3,4). The zero-order valence-corrected chi connectivity index (χ0v) is 7.04. The van der Waals surface area contributed by atoms with Crippen molar-refractivity contribution in [3.63, 3.8) is 0 Å². The molecule has 0 radical (unpaired) electrons. The van der Waals surface area contributed by atoms with E-state index in [-0.39, 0.29) is 0 Å². The van der Waals surface area contributed by atoms with E-state index in [9.17, 15) is 17.6 Å². The fraction of sp³-hybridized carbons (Fsp3) is 0.571. The molecule has 0 aliphatic rings. The molecule has 14 heavy (non-hydrogen) atoms. The van der Waals surface area contributed by atoms with Crippen molar-refractivity contribution in [3.05, 3.63) is 12.2 Å². The Morgan fingerprint density at radius 3 is 1.36 bits per heavy atom. The topological polar surface area (TPSA) is 57.5 Å². The van der Waals surface area contributed by atoms with Crippen molar-refractivity contribution >= 4 is 6.16 Å². The van der Waals surface area contributed by atoms with Crippen molar-refractivity contribution in [3.8, 4) is 0 Å². The van der Waals surface area contributed by atoms with Gasteiger partial charge in [0.15, 0.2) is 0 Å². The van der Waals surface area contributed by atoms with Gasteiger partial charge in [-0.25, -0.2) is 22.4 Å². The summed E-state index contributed by atoms with van der Waals surface area (Å²) in [5.74, 6) is 0. The summed E-state index contributed by atoms with van der Waals surface area (Å²) in [6.45, 7) is 0. The van der Waals surface area contributed by atoms with Gasteiger partial charge in [-0.1, -0.05) is 12.2 Å². The zero-order chi connectivity index (χ0) is 11.6. The highest BCUT2D eigenvalue weighted by molar-refractivity contribution is 5.53. The minimum absolute atomic E-state index is 0.438. The van der Waals surface area contributed by atoms with E-state index in [0.717, 1.165) is 12.2 Å². The number of alkyl halides is 4. The first-order valence-electron chi connectivity index (χ1n) is 3.49. The number of allylic oxidation sites excluding steroid dienone is 2. The minimum atomic E-state index is -2.44. The Labute approximate surface area is 77.7 Å². The van der Waals surface area contributed by atoms with Crippen molar-refractivity contribution in [1.29, 1.82) is 0 Å². The molecule has 0 aromatic carbocycles. The highest BCUT2D eigenvalue weighted by Crippen LogP contribution is 2.03. The SMILES string of the molecule is FC(F)CC=CCC(F)F.O=C(O)O. The molecule has 0 bridgehead atoms. The molecule has 0 fully saturated rings. The first kappa shape index (κ1) is 15.2. The van der Waals surface area contributed by atoms with Crippen molar-refractivity contribution in [2.45, 2.75) is 25.7 Å². The van der Waals surface area contributed by atoms with Crippen LogP contribution in [0.4, 0.5) is 22.4 Å². The molecule has 84 valence electrons. The summed E-state index contributed by atoms with van der Waals surface area (Å²) < 4.78 is 45.3. The maximum Gasteiger partial charge on any atom is 0.503 e. The maximum atomic E-state index is 11.3. The third kappa shape index (κ3) is 30.9. The van der Waals surface area contributed by atoms with Crippen LogP contribution in [-0.4, -0.2) is 29.2 Å². The van der Waals surface area contributed by atoms with E-state index < -0.39 is 31.8 Å². The Kier molecular flexibility index (Phi) is 10.7. The van der Waals surface area contributed by atoms with E-state index in [1.54, 1.807) is 0 Å². The largest absolute Gasteiger partial charge is 0.503 e. The zero-order valence-electron chi connectivity index (χ0n) is 7.04. The molecule has 0 heterocycles. The van der Waals surface area contributed by atoms with Crippen LogP contribution in [-0.2, 0) is 0 Å². The van der Waals surface area contributed by atoms with Crippen LogP contribution in [0, 0.1) is 0 Å². The molecule has 0 aromatic rings. The predicted molar refractivity (Wildman–Crippen MR) is 41.0 cm³/mol. The molecular weight excluding hydrogens is 208 g/mol. The Bertz CT molecular complexity index is 154. The Morgan fingerprint density at radius 2 is 1.21 bits per heavy atom. The van der Waals surface area contributed by atoms with Gasteiger partial charge in [0.05, 0.1) is 0 Å². The monoisotopic (exact) mass is 218 g/mol. The molecule has 0 aliphatic carbocycles. The van der Waals surface area contributed by atoms with Gasteiger partial charge in [0.2, 0.25) is 12.9 Å². The molecule has 0 spiro atoms. The van der Waals surface area contributed by atoms with Crippen LogP contribution in [0.25, 0.3) is 0 Å². The molecule has 3 nitrogen and oxygen atoms in total. The van der Waals surface area contributed by atoms with Crippen LogP contribution >= 0.6 is 0 Å². The number of rotatable bonds is 4. The third-order valence-electron chi connectivity index (χ3n) is 0.795. The van der Waals surface area contributed by atoms with Gasteiger partial charge in [0.25, 0.3) is 0 Å². The highest BCUT2D eigenvalue weighted by atomic mass is 19.3. The fourth-order valence-corrected chi connectivity index (χ4v) is 0.398. The second-order valence-electron chi connectivity index (χ2n) is 2.01. The van der Waals surface area contributed by atoms with Crippen molar-refractivity contribution < 1.29 is 32.6 Å². The quantitative estimate of drug-likeness (QED) is 0.563. The molecule has 2 N–H and O–H groups in total. The van der Waals surface area contributed by atoms with Crippen LogP contribution in [0.3, 0.4) is 0 Å². The number of hydrogen-bond donors (Lipinski definition) is 2. The fourth-order valence-electron chi connectivity index (χ4n) is 0.398. The van der Waals surface area contributed by atoms with Gasteiger partial charge in [0.1, 0.15) is 0 Å². The van der Waals surface area contributed by atoms with E-state index in [4.69, 9.17) is 15.0 Å². The maximum absolute atomic E-state index is 11.3. The lowest BCUT2D eigenvalue weighted by Crippen LogP contribution is -1.87. The average Bonchev–Trinajstić information content (AvgIpc) is 1.96. The highest BCUT2D eigenvalue weighted by Gasteiger charge is 1.99. The second kappa shape index (κ2) is 9.82. The number of halogens is 4. The molecule has 0 unspecified atom stereocenters. The summed E-state index contributed by atoms with van der Waals surface area (Å²) >= 11 is 0. The van der Waals surface area contributed by atoms with Crippen molar-refractivity contribution in [1.82, 2.24) is 0 Å². The average molecular weight is 218 g/mol. The Balaban J connectivity index is 0.